The smallest absolute Gasteiger partial charge is 0.348 e. The number of carbonyl (C=O) groups excluding carboxylic acids is 2. The number of halogens is 4. The summed E-state index contributed by atoms with van der Waals surface area (Å²) in [6.45, 7) is 4.65. The van der Waals surface area contributed by atoms with Gasteiger partial charge >= 0.3 is 6.18 Å². The molecule has 34 heavy (non-hydrogen) atoms. The molecule has 2 aromatic rings. The number of rotatable bonds is 6. The summed E-state index contributed by atoms with van der Waals surface area (Å²) >= 11 is 0. The molecule has 0 aliphatic carbocycles. The number of benzene rings is 1. The lowest BCUT2D eigenvalue weighted by molar-refractivity contribution is -0.140. The van der Waals surface area contributed by atoms with E-state index in [1.807, 2.05) is 0 Å². The van der Waals surface area contributed by atoms with E-state index in [0.717, 1.165) is 38.1 Å². The van der Waals surface area contributed by atoms with Crippen LogP contribution in [0.3, 0.4) is 0 Å². The molecule has 1 atom stereocenters. The highest BCUT2D eigenvalue weighted by Gasteiger charge is 2.36. The van der Waals surface area contributed by atoms with Crippen LogP contribution < -0.4 is 10.6 Å². The average Bonchev–Trinajstić information content (AvgIpc) is 3.21. The Morgan fingerprint density at radius 1 is 1.26 bits per heavy atom. The van der Waals surface area contributed by atoms with Gasteiger partial charge in [0, 0.05) is 24.4 Å². The van der Waals surface area contributed by atoms with Gasteiger partial charge in [0.1, 0.15) is 18.1 Å². The Morgan fingerprint density at radius 3 is 2.65 bits per heavy atom. The number of anilines is 1. The SMILES string of the molecule is CC1=C(C=O)C(c2ccc(C(F)(F)F)c(F)c2)n2nc(C(=O)NCCN3CCCCC3)nc2N1. The van der Waals surface area contributed by atoms with Gasteiger partial charge in [-0.2, -0.15) is 18.2 Å². The maximum absolute atomic E-state index is 14.3. The first-order valence-electron chi connectivity index (χ1n) is 11.0. The topological polar surface area (TPSA) is 92.2 Å². The lowest BCUT2D eigenvalue weighted by atomic mass is 9.95. The summed E-state index contributed by atoms with van der Waals surface area (Å²) in [5, 5.41) is 9.82. The molecule has 0 radical (unpaired) electrons. The van der Waals surface area contributed by atoms with Crippen molar-refractivity contribution in [3.05, 3.63) is 52.2 Å². The van der Waals surface area contributed by atoms with Crippen molar-refractivity contribution < 1.29 is 27.2 Å². The molecule has 1 unspecified atom stereocenters. The summed E-state index contributed by atoms with van der Waals surface area (Å²) < 4.78 is 54.5. The van der Waals surface area contributed by atoms with E-state index in [1.165, 1.54) is 11.1 Å². The number of fused-ring (bicyclic) bond motifs is 1. The fraction of sp³-hybridized carbons (Fsp3) is 0.455. The first-order chi connectivity index (χ1) is 16.2. The van der Waals surface area contributed by atoms with E-state index >= 15 is 0 Å². The molecule has 12 heteroatoms. The van der Waals surface area contributed by atoms with Gasteiger partial charge in [-0.3, -0.25) is 9.59 Å². The van der Waals surface area contributed by atoms with Crippen LogP contribution in [-0.4, -0.2) is 58.0 Å². The summed E-state index contributed by atoms with van der Waals surface area (Å²) in [6.07, 6.45) is -0.863. The molecule has 2 aliphatic heterocycles. The number of nitrogens with one attached hydrogen (secondary N) is 2. The molecule has 182 valence electrons. The van der Waals surface area contributed by atoms with Crippen LogP contribution in [0.25, 0.3) is 0 Å². The number of amides is 1. The van der Waals surface area contributed by atoms with Crippen LogP contribution in [0.4, 0.5) is 23.5 Å². The summed E-state index contributed by atoms with van der Waals surface area (Å²) in [5.74, 6) is -2.04. The predicted molar refractivity (Wildman–Crippen MR) is 115 cm³/mol. The van der Waals surface area contributed by atoms with Crippen molar-refractivity contribution in [3.8, 4) is 0 Å². The van der Waals surface area contributed by atoms with Gasteiger partial charge in [-0.25, -0.2) is 9.07 Å². The van der Waals surface area contributed by atoms with Gasteiger partial charge in [-0.1, -0.05) is 12.5 Å². The third kappa shape index (κ3) is 4.81. The maximum Gasteiger partial charge on any atom is 0.419 e. The Kier molecular flexibility index (Phi) is 6.69. The number of hydrogen-bond acceptors (Lipinski definition) is 6. The number of hydrogen-bond donors (Lipinski definition) is 2. The van der Waals surface area contributed by atoms with Crippen molar-refractivity contribution in [2.45, 2.75) is 38.4 Å². The summed E-state index contributed by atoms with van der Waals surface area (Å²) in [5.41, 5.74) is -0.839. The minimum atomic E-state index is -4.85. The van der Waals surface area contributed by atoms with Crippen molar-refractivity contribution in [3.63, 3.8) is 0 Å². The molecule has 1 aromatic carbocycles. The van der Waals surface area contributed by atoms with Crippen LogP contribution >= 0.6 is 0 Å². The quantitative estimate of drug-likeness (QED) is 0.488. The largest absolute Gasteiger partial charge is 0.419 e. The number of likely N-dealkylation sites (tertiary alicyclic amines) is 1. The highest BCUT2D eigenvalue weighted by molar-refractivity contribution is 5.91. The van der Waals surface area contributed by atoms with Crippen molar-refractivity contribution in [1.29, 1.82) is 0 Å². The maximum atomic E-state index is 14.3. The molecule has 1 saturated heterocycles. The van der Waals surface area contributed by atoms with Crippen molar-refractivity contribution in [2.24, 2.45) is 0 Å². The monoisotopic (exact) mass is 480 g/mol. The summed E-state index contributed by atoms with van der Waals surface area (Å²) in [7, 11) is 0. The number of nitrogens with zero attached hydrogens (tertiary/aromatic N) is 4. The van der Waals surface area contributed by atoms with Crippen LogP contribution in [0.1, 0.15) is 54.0 Å². The molecule has 1 aromatic heterocycles. The Morgan fingerprint density at radius 2 is 2.00 bits per heavy atom. The van der Waals surface area contributed by atoms with Crippen LogP contribution in [-0.2, 0) is 11.0 Å². The molecule has 4 rings (SSSR count). The van der Waals surface area contributed by atoms with Crippen LogP contribution in [0.2, 0.25) is 0 Å². The zero-order valence-corrected chi connectivity index (χ0v) is 18.5. The number of aldehydes is 1. The molecule has 0 saturated carbocycles. The predicted octanol–water partition coefficient (Wildman–Crippen LogP) is 3.14. The van der Waals surface area contributed by atoms with Crippen LogP contribution in [0.15, 0.2) is 29.5 Å². The molecule has 3 heterocycles. The van der Waals surface area contributed by atoms with Gasteiger partial charge < -0.3 is 15.5 Å². The van der Waals surface area contributed by atoms with E-state index in [1.54, 1.807) is 6.92 Å². The highest BCUT2D eigenvalue weighted by atomic mass is 19.4. The van der Waals surface area contributed by atoms with Gasteiger partial charge in [-0.15, -0.1) is 5.10 Å². The molecule has 2 N–H and O–H groups in total. The lowest BCUT2D eigenvalue weighted by Gasteiger charge is -2.26. The molecule has 1 amide bonds. The van der Waals surface area contributed by atoms with Crippen molar-refractivity contribution in [2.75, 3.05) is 31.5 Å². The molecular weight excluding hydrogens is 456 g/mol. The molecule has 0 spiro atoms. The summed E-state index contributed by atoms with van der Waals surface area (Å²) in [4.78, 5) is 30.9. The third-order valence-corrected chi connectivity index (χ3v) is 6.01. The van der Waals surface area contributed by atoms with E-state index in [-0.39, 0.29) is 22.9 Å². The zero-order valence-electron chi connectivity index (χ0n) is 18.5. The molecule has 1 fully saturated rings. The first kappa shape index (κ1) is 23.9. The Labute approximate surface area is 193 Å². The normalized spacial score (nSPS) is 18.9. The zero-order chi connectivity index (χ0) is 24.5. The number of allylic oxidation sites excluding steroid dienone is 2. The van der Waals surface area contributed by atoms with Crippen molar-refractivity contribution >= 4 is 18.1 Å². The van der Waals surface area contributed by atoms with E-state index in [0.29, 0.717) is 31.1 Å². The minimum Gasteiger partial charge on any atom is -0.348 e. The fourth-order valence-electron chi connectivity index (χ4n) is 4.26. The molecular formula is C22H24F4N6O2. The number of aromatic nitrogens is 3. The van der Waals surface area contributed by atoms with E-state index in [9.17, 15) is 27.2 Å². The fourth-order valence-corrected chi connectivity index (χ4v) is 4.26. The van der Waals surface area contributed by atoms with Crippen molar-refractivity contribution in [1.82, 2.24) is 25.0 Å². The first-order valence-corrected chi connectivity index (χ1v) is 11.0. The Balaban J connectivity index is 1.58. The van der Waals surface area contributed by atoms with Crippen LogP contribution in [0.5, 0.6) is 0 Å². The molecule has 8 nitrogen and oxygen atoms in total. The Hall–Kier alpha value is -3.28. The highest BCUT2D eigenvalue weighted by Crippen LogP contribution is 2.37. The molecule has 0 bridgehead atoms. The van der Waals surface area contributed by atoms with Gasteiger partial charge in [0.05, 0.1) is 5.56 Å². The number of piperidine rings is 1. The number of alkyl halides is 3. The van der Waals surface area contributed by atoms with E-state index < -0.39 is 29.5 Å². The van der Waals surface area contributed by atoms with Gasteiger partial charge in [-0.05, 0) is 50.6 Å². The third-order valence-electron chi connectivity index (χ3n) is 6.01. The minimum absolute atomic E-state index is 0.0663. The lowest BCUT2D eigenvalue weighted by Crippen LogP contribution is -2.38. The summed E-state index contributed by atoms with van der Waals surface area (Å²) in [6, 6.07) is 1.38. The van der Waals surface area contributed by atoms with E-state index in [2.05, 4.69) is 25.6 Å². The number of carbonyl (C=O) groups is 2. The van der Waals surface area contributed by atoms with Gasteiger partial charge in [0.25, 0.3) is 5.91 Å². The second kappa shape index (κ2) is 9.53. The molecule has 2 aliphatic rings. The van der Waals surface area contributed by atoms with Gasteiger partial charge in [0.15, 0.2) is 0 Å². The second-order valence-electron chi connectivity index (χ2n) is 8.32. The standard InChI is InChI=1S/C22H24F4N6O2/c1-13-15(12-33)18(14-5-6-16(17(23)11-14)22(24,25)26)32-21(28-13)29-19(30-32)20(34)27-7-10-31-8-3-2-4-9-31/h5-6,11-12,18H,2-4,7-10H2,1H3,(H,27,34)(H,28,29,30). The Bertz CT molecular complexity index is 1120. The average molecular weight is 480 g/mol. The van der Waals surface area contributed by atoms with E-state index in [4.69, 9.17) is 0 Å². The second-order valence-corrected chi connectivity index (χ2v) is 8.32. The van der Waals surface area contributed by atoms with Crippen LogP contribution in [0, 0.1) is 5.82 Å². The van der Waals surface area contributed by atoms with Gasteiger partial charge in [0.2, 0.25) is 11.8 Å².